The Hall–Kier alpha value is -3.89. The van der Waals surface area contributed by atoms with E-state index in [9.17, 15) is 5.26 Å². The highest BCUT2D eigenvalue weighted by molar-refractivity contribution is 5.39. The molecule has 1 unspecified atom stereocenters. The lowest BCUT2D eigenvalue weighted by molar-refractivity contribution is 0.306. The van der Waals surface area contributed by atoms with Crippen molar-refractivity contribution < 1.29 is 9.47 Å². The summed E-state index contributed by atoms with van der Waals surface area (Å²) in [4.78, 5) is 1.58. The molecule has 0 saturated carbocycles. The third-order valence-electron chi connectivity index (χ3n) is 4.70. The molecule has 0 bridgehead atoms. The first kappa shape index (κ1) is 20.8. The van der Waals surface area contributed by atoms with Gasteiger partial charge < -0.3 is 9.47 Å². The van der Waals surface area contributed by atoms with Gasteiger partial charge in [0.15, 0.2) is 6.19 Å². The van der Waals surface area contributed by atoms with Crippen LogP contribution in [0.5, 0.6) is 11.5 Å². The number of methoxy groups -OCH3 is 1. The fraction of sp³-hybridized carbons (Fsp3) is 0.192. The zero-order valence-electron chi connectivity index (χ0n) is 17.2. The normalized spacial score (nSPS) is 10.8. The molecule has 0 N–H and O–H groups in total. The molecule has 0 aliphatic heterocycles. The molecule has 0 radical (unpaired) electrons. The fourth-order valence-corrected chi connectivity index (χ4v) is 2.88. The summed E-state index contributed by atoms with van der Waals surface area (Å²) in [5.41, 5.74) is 3.11. The summed E-state index contributed by atoms with van der Waals surface area (Å²) in [5.74, 6) is 7.98. The van der Waals surface area contributed by atoms with Crippen LogP contribution in [-0.4, -0.2) is 25.1 Å². The van der Waals surface area contributed by atoms with Crippen molar-refractivity contribution in [1.29, 1.82) is 5.26 Å². The van der Waals surface area contributed by atoms with Gasteiger partial charge in [-0.3, -0.25) is 4.90 Å². The average molecular weight is 396 g/mol. The van der Waals surface area contributed by atoms with Gasteiger partial charge in [0.2, 0.25) is 0 Å². The molecule has 0 aliphatic carbocycles. The topological polar surface area (TPSA) is 45.5 Å². The van der Waals surface area contributed by atoms with Crippen LogP contribution in [0.3, 0.4) is 0 Å². The molecule has 150 valence electrons. The van der Waals surface area contributed by atoms with Crippen molar-refractivity contribution in [2.45, 2.75) is 19.1 Å². The smallest absolute Gasteiger partial charge is 0.180 e. The number of hydrogen-bond donors (Lipinski definition) is 0. The lowest BCUT2D eigenvalue weighted by atomic mass is 10.0. The maximum atomic E-state index is 9.34. The van der Waals surface area contributed by atoms with Gasteiger partial charge in [-0.15, -0.1) is 0 Å². The predicted octanol–water partition coefficient (Wildman–Crippen LogP) is 4.65. The molecule has 0 aromatic heterocycles. The van der Waals surface area contributed by atoms with E-state index in [1.54, 1.807) is 19.1 Å². The molecular weight excluding hydrogens is 372 g/mol. The van der Waals surface area contributed by atoms with E-state index in [2.05, 4.69) is 18.0 Å². The van der Waals surface area contributed by atoms with Gasteiger partial charge in [0, 0.05) is 19.0 Å². The second-order valence-electron chi connectivity index (χ2n) is 6.85. The van der Waals surface area contributed by atoms with E-state index in [-0.39, 0.29) is 6.04 Å². The number of nitriles is 1. The van der Waals surface area contributed by atoms with E-state index in [1.807, 2.05) is 78.9 Å². The number of benzene rings is 3. The van der Waals surface area contributed by atoms with E-state index in [0.717, 1.165) is 28.2 Å². The molecule has 0 fully saturated rings. The predicted molar refractivity (Wildman–Crippen MR) is 118 cm³/mol. The Morgan fingerprint density at radius 2 is 1.53 bits per heavy atom. The molecule has 4 heteroatoms. The third kappa shape index (κ3) is 6.06. The Bertz CT molecular complexity index is 1030. The molecule has 3 rings (SSSR count). The van der Waals surface area contributed by atoms with Gasteiger partial charge in [-0.2, -0.15) is 5.26 Å². The number of ether oxygens (including phenoxy) is 2. The Labute approximate surface area is 178 Å². The quantitative estimate of drug-likeness (QED) is 0.331. The maximum Gasteiger partial charge on any atom is 0.180 e. The second kappa shape index (κ2) is 10.6. The van der Waals surface area contributed by atoms with Crippen molar-refractivity contribution in [2.75, 3.05) is 14.2 Å². The maximum absolute atomic E-state index is 9.34. The fourth-order valence-electron chi connectivity index (χ4n) is 2.88. The van der Waals surface area contributed by atoms with Crippen LogP contribution in [0.2, 0.25) is 0 Å². The Morgan fingerprint density at radius 1 is 0.867 bits per heavy atom. The first-order chi connectivity index (χ1) is 14.7. The van der Waals surface area contributed by atoms with Crippen LogP contribution in [0.25, 0.3) is 0 Å². The summed E-state index contributed by atoms with van der Waals surface area (Å²) in [7, 11) is 3.39. The summed E-state index contributed by atoms with van der Waals surface area (Å²) in [6.45, 7) is 0.535. The summed E-state index contributed by atoms with van der Waals surface area (Å²) < 4.78 is 11.0. The zero-order chi connectivity index (χ0) is 21.2. The summed E-state index contributed by atoms with van der Waals surface area (Å²) in [6.07, 6.45) is 2.82. The summed E-state index contributed by atoms with van der Waals surface area (Å²) in [5, 5.41) is 9.34. The largest absolute Gasteiger partial charge is 0.497 e. The molecule has 0 spiro atoms. The van der Waals surface area contributed by atoms with Crippen molar-refractivity contribution in [3.8, 4) is 29.5 Å². The van der Waals surface area contributed by atoms with Crippen LogP contribution in [0.15, 0.2) is 78.9 Å². The second-order valence-corrected chi connectivity index (χ2v) is 6.85. The highest BCUT2D eigenvalue weighted by Gasteiger charge is 2.12. The van der Waals surface area contributed by atoms with Gasteiger partial charge in [-0.1, -0.05) is 54.3 Å². The van der Waals surface area contributed by atoms with Gasteiger partial charge >= 0.3 is 0 Å². The minimum atomic E-state index is -0.215. The molecule has 3 aromatic carbocycles. The summed E-state index contributed by atoms with van der Waals surface area (Å²) >= 11 is 0. The minimum absolute atomic E-state index is 0.215. The van der Waals surface area contributed by atoms with Crippen LogP contribution >= 0.6 is 0 Å². The average Bonchev–Trinajstić information content (AvgIpc) is 2.81. The van der Waals surface area contributed by atoms with Gasteiger partial charge in [0.25, 0.3) is 0 Å². The number of nitrogens with zero attached hydrogens (tertiary/aromatic N) is 2. The zero-order valence-corrected chi connectivity index (χ0v) is 17.2. The van der Waals surface area contributed by atoms with E-state index >= 15 is 0 Å². The number of likely N-dealkylation sites (N-methyl/N-ethyl adjacent to an activating group) is 1. The molecule has 0 saturated heterocycles. The first-order valence-corrected chi connectivity index (χ1v) is 9.72. The van der Waals surface area contributed by atoms with Crippen molar-refractivity contribution in [1.82, 2.24) is 4.90 Å². The molecule has 1 atom stereocenters. The monoisotopic (exact) mass is 396 g/mol. The Balaban J connectivity index is 1.64. The molecule has 0 aliphatic rings. The van der Waals surface area contributed by atoms with Crippen LogP contribution in [0.4, 0.5) is 0 Å². The van der Waals surface area contributed by atoms with Crippen molar-refractivity contribution in [2.24, 2.45) is 0 Å². The minimum Gasteiger partial charge on any atom is -0.497 e. The highest BCUT2D eigenvalue weighted by atomic mass is 16.5. The SMILES string of the molecule is COc1ccc(C#CC(Cc2ccc(OCc3ccccc3)cc2)N(C)C#N)cc1. The van der Waals surface area contributed by atoms with Crippen molar-refractivity contribution in [3.63, 3.8) is 0 Å². The van der Waals surface area contributed by atoms with Gasteiger partial charge in [0.05, 0.1) is 7.11 Å². The lowest BCUT2D eigenvalue weighted by Crippen LogP contribution is -2.28. The van der Waals surface area contributed by atoms with Crippen molar-refractivity contribution in [3.05, 3.63) is 95.6 Å². The van der Waals surface area contributed by atoms with Gasteiger partial charge in [-0.25, -0.2) is 0 Å². The molecule has 0 amide bonds. The van der Waals surface area contributed by atoms with Crippen LogP contribution in [0, 0.1) is 23.3 Å². The summed E-state index contributed by atoms with van der Waals surface area (Å²) in [6, 6.07) is 25.4. The molecule has 30 heavy (non-hydrogen) atoms. The van der Waals surface area contributed by atoms with Crippen LogP contribution in [-0.2, 0) is 13.0 Å². The molecule has 0 heterocycles. The van der Waals surface area contributed by atoms with Crippen molar-refractivity contribution >= 4 is 0 Å². The van der Waals surface area contributed by atoms with E-state index in [4.69, 9.17) is 9.47 Å². The Morgan fingerprint density at radius 3 is 2.17 bits per heavy atom. The number of hydrogen-bond acceptors (Lipinski definition) is 4. The third-order valence-corrected chi connectivity index (χ3v) is 4.70. The van der Waals surface area contributed by atoms with E-state index in [0.29, 0.717) is 13.0 Å². The van der Waals surface area contributed by atoms with E-state index < -0.39 is 0 Å². The Kier molecular flexibility index (Phi) is 7.36. The molecule has 3 aromatic rings. The number of rotatable bonds is 7. The van der Waals surface area contributed by atoms with Crippen LogP contribution < -0.4 is 9.47 Å². The molecule has 4 nitrogen and oxygen atoms in total. The van der Waals surface area contributed by atoms with Crippen LogP contribution in [0.1, 0.15) is 16.7 Å². The first-order valence-electron chi connectivity index (χ1n) is 9.72. The van der Waals surface area contributed by atoms with Gasteiger partial charge in [-0.05, 0) is 47.5 Å². The molecular formula is C26H24N2O2. The lowest BCUT2D eigenvalue weighted by Gasteiger charge is -2.18. The highest BCUT2D eigenvalue weighted by Crippen LogP contribution is 2.16. The van der Waals surface area contributed by atoms with Gasteiger partial charge in [0.1, 0.15) is 24.1 Å². The van der Waals surface area contributed by atoms with E-state index in [1.165, 1.54) is 0 Å². The standard InChI is InChI=1S/C26H24N2O2/c1-28(20-27)24(13-8-21-9-14-25(29-2)15-10-21)18-22-11-16-26(17-12-22)30-19-23-6-4-3-5-7-23/h3-7,9-12,14-17,24H,18-19H2,1-2H3.